The maximum absolute atomic E-state index is 13.0. The number of hydrogen-bond donors (Lipinski definition) is 0. The van der Waals surface area contributed by atoms with Gasteiger partial charge < -0.3 is 23.6 Å². The predicted octanol–water partition coefficient (Wildman–Crippen LogP) is 4.06. The molecule has 1 fully saturated rings. The van der Waals surface area contributed by atoms with Gasteiger partial charge in [0.05, 0.1) is 21.3 Å². The summed E-state index contributed by atoms with van der Waals surface area (Å²) < 4.78 is 21.6. The summed E-state index contributed by atoms with van der Waals surface area (Å²) in [5, 5.41) is 4.13. The molecule has 0 aliphatic carbocycles. The Labute approximate surface area is 187 Å². The molecule has 1 aliphatic rings. The standard InChI is InChI=1S/C24H27N3O5/c1-29-19-9-5-4-7-16(19)11-13-22(28)27-14-6-8-18(27)24-25-23(26-32-24)17-10-12-20(30-2)21(15-17)31-3/h4-5,7,9-10,12,15,18H,6,8,11,13-14H2,1-3H3. The van der Waals surface area contributed by atoms with Crippen molar-refractivity contribution < 1.29 is 23.5 Å². The van der Waals surface area contributed by atoms with E-state index in [9.17, 15) is 4.79 Å². The number of carbonyl (C=O) groups excluding carboxylic acids is 1. The van der Waals surface area contributed by atoms with Gasteiger partial charge in [-0.3, -0.25) is 4.79 Å². The second-order valence-corrected chi connectivity index (χ2v) is 7.58. The molecule has 1 saturated heterocycles. The molecule has 32 heavy (non-hydrogen) atoms. The lowest BCUT2D eigenvalue weighted by molar-refractivity contribution is -0.132. The van der Waals surface area contributed by atoms with Crippen molar-refractivity contribution in [3.8, 4) is 28.6 Å². The van der Waals surface area contributed by atoms with Crippen LogP contribution in [0.25, 0.3) is 11.4 Å². The Balaban J connectivity index is 1.47. The highest BCUT2D eigenvalue weighted by Gasteiger charge is 2.34. The van der Waals surface area contributed by atoms with E-state index in [4.69, 9.17) is 18.7 Å². The summed E-state index contributed by atoms with van der Waals surface area (Å²) in [4.78, 5) is 19.4. The second kappa shape index (κ2) is 9.72. The van der Waals surface area contributed by atoms with Crippen molar-refractivity contribution in [3.05, 3.63) is 53.9 Å². The van der Waals surface area contributed by atoms with Crippen molar-refractivity contribution in [1.82, 2.24) is 15.0 Å². The highest BCUT2D eigenvalue weighted by Crippen LogP contribution is 2.35. The number of aromatic nitrogens is 2. The Morgan fingerprint density at radius 3 is 2.62 bits per heavy atom. The van der Waals surface area contributed by atoms with Crippen molar-refractivity contribution in [1.29, 1.82) is 0 Å². The number of likely N-dealkylation sites (tertiary alicyclic amines) is 1. The van der Waals surface area contributed by atoms with Gasteiger partial charge in [-0.2, -0.15) is 4.98 Å². The zero-order chi connectivity index (χ0) is 22.5. The number of aryl methyl sites for hydroxylation is 1. The lowest BCUT2D eigenvalue weighted by atomic mass is 10.1. The first-order chi connectivity index (χ1) is 15.6. The van der Waals surface area contributed by atoms with Gasteiger partial charge in [0.2, 0.25) is 17.6 Å². The van der Waals surface area contributed by atoms with E-state index in [0.29, 0.717) is 42.6 Å². The molecule has 1 atom stereocenters. The lowest BCUT2D eigenvalue weighted by Crippen LogP contribution is -2.30. The van der Waals surface area contributed by atoms with Crippen LogP contribution in [0.4, 0.5) is 0 Å². The van der Waals surface area contributed by atoms with Crippen LogP contribution in [0.1, 0.15) is 36.8 Å². The van der Waals surface area contributed by atoms with Gasteiger partial charge in [-0.25, -0.2) is 0 Å². The fourth-order valence-electron chi connectivity index (χ4n) is 4.08. The number of hydrogen-bond acceptors (Lipinski definition) is 7. The molecule has 1 unspecified atom stereocenters. The minimum Gasteiger partial charge on any atom is -0.496 e. The van der Waals surface area contributed by atoms with Crippen LogP contribution in [-0.4, -0.2) is 48.8 Å². The highest BCUT2D eigenvalue weighted by molar-refractivity contribution is 5.77. The van der Waals surface area contributed by atoms with Gasteiger partial charge in [0.25, 0.3) is 0 Å². The fourth-order valence-corrected chi connectivity index (χ4v) is 4.08. The smallest absolute Gasteiger partial charge is 0.249 e. The van der Waals surface area contributed by atoms with E-state index in [-0.39, 0.29) is 11.9 Å². The van der Waals surface area contributed by atoms with Crippen LogP contribution in [0.2, 0.25) is 0 Å². The van der Waals surface area contributed by atoms with Crippen LogP contribution in [0.5, 0.6) is 17.2 Å². The van der Waals surface area contributed by atoms with E-state index in [1.54, 1.807) is 33.5 Å². The Hall–Kier alpha value is -3.55. The molecule has 0 spiro atoms. The second-order valence-electron chi connectivity index (χ2n) is 7.58. The molecule has 8 nitrogen and oxygen atoms in total. The topological polar surface area (TPSA) is 86.9 Å². The number of nitrogens with zero attached hydrogens (tertiary/aromatic N) is 3. The molecule has 1 amide bonds. The monoisotopic (exact) mass is 437 g/mol. The normalized spacial score (nSPS) is 15.6. The average Bonchev–Trinajstić information content (AvgIpc) is 3.52. The van der Waals surface area contributed by atoms with Gasteiger partial charge in [-0.1, -0.05) is 23.4 Å². The molecule has 168 valence electrons. The largest absolute Gasteiger partial charge is 0.496 e. The molecule has 0 saturated carbocycles. The minimum absolute atomic E-state index is 0.0734. The van der Waals surface area contributed by atoms with Gasteiger partial charge in [0.1, 0.15) is 11.8 Å². The molecule has 8 heteroatoms. The fraction of sp³-hybridized carbons (Fsp3) is 0.375. The average molecular weight is 437 g/mol. The van der Waals surface area contributed by atoms with Crippen LogP contribution in [0.15, 0.2) is 47.0 Å². The highest BCUT2D eigenvalue weighted by atomic mass is 16.5. The Bertz CT molecular complexity index is 1080. The van der Waals surface area contributed by atoms with Crippen molar-refractivity contribution in [2.75, 3.05) is 27.9 Å². The number of para-hydroxylation sites is 1. The Morgan fingerprint density at radius 1 is 1.06 bits per heavy atom. The Kier molecular flexibility index (Phi) is 6.58. The van der Waals surface area contributed by atoms with Crippen LogP contribution < -0.4 is 14.2 Å². The van der Waals surface area contributed by atoms with Crippen molar-refractivity contribution in [2.45, 2.75) is 31.7 Å². The minimum atomic E-state index is -0.207. The summed E-state index contributed by atoms with van der Waals surface area (Å²) in [6, 6.07) is 13.0. The summed E-state index contributed by atoms with van der Waals surface area (Å²) in [5.41, 5.74) is 1.78. The first-order valence-corrected chi connectivity index (χ1v) is 10.6. The summed E-state index contributed by atoms with van der Waals surface area (Å²) in [5.74, 6) is 3.00. The van der Waals surface area contributed by atoms with Crippen molar-refractivity contribution in [3.63, 3.8) is 0 Å². The summed E-state index contributed by atoms with van der Waals surface area (Å²) in [6.07, 6.45) is 2.72. The van der Waals surface area contributed by atoms with E-state index in [1.165, 1.54) is 0 Å². The predicted molar refractivity (Wildman–Crippen MR) is 118 cm³/mol. The van der Waals surface area contributed by atoms with E-state index in [1.807, 2.05) is 35.2 Å². The zero-order valence-electron chi connectivity index (χ0n) is 18.5. The van der Waals surface area contributed by atoms with Gasteiger partial charge in [0.15, 0.2) is 11.5 Å². The van der Waals surface area contributed by atoms with E-state index in [2.05, 4.69) is 10.1 Å². The molecule has 1 aromatic heterocycles. The molecular weight excluding hydrogens is 410 g/mol. The van der Waals surface area contributed by atoms with Gasteiger partial charge in [0, 0.05) is 18.5 Å². The van der Waals surface area contributed by atoms with Crippen LogP contribution in [-0.2, 0) is 11.2 Å². The summed E-state index contributed by atoms with van der Waals surface area (Å²) in [7, 11) is 4.81. The van der Waals surface area contributed by atoms with E-state index < -0.39 is 0 Å². The Morgan fingerprint density at radius 2 is 1.84 bits per heavy atom. The molecule has 2 aromatic carbocycles. The first kappa shape index (κ1) is 21.7. The van der Waals surface area contributed by atoms with Crippen LogP contribution in [0.3, 0.4) is 0 Å². The van der Waals surface area contributed by atoms with Crippen LogP contribution >= 0.6 is 0 Å². The van der Waals surface area contributed by atoms with Crippen molar-refractivity contribution in [2.24, 2.45) is 0 Å². The van der Waals surface area contributed by atoms with Gasteiger partial charge >= 0.3 is 0 Å². The lowest BCUT2D eigenvalue weighted by Gasteiger charge is -2.22. The molecule has 2 heterocycles. The SMILES string of the molecule is COc1ccccc1CCC(=O)N1CCCC1c1nc(-c2ccc(OC)c(OC)c2)no1. The number of carbonyl (C=O) groups is 1. The number of amides is 1. The summed E-state index contributed by atoms with van der Waals surface area (Å²) in [6.45, 7) is 0.684. The van der Waals surface area contributed by atoms with Gasteiger partial charge in [-0.05, 0) is 49.1 Å². The third-order valence-corrected chi connectivity index (χ3v) is 5.74. The molecular formula is C24H27N3O5. The van der Waals surface area contributed by atoms with E-state index >= 15 is 0 Å². The molecule has 4 rings (SSSR count). The maximum atomic E-state index is 13.0. The van der Waals surface area contributed by atoms with Crippen molar-refractivity contribution >= 4 is 5.91 Å². The third kappa shape index (κ3) is 4.39. The zero-order valence-corrected chi connectivity index (χ0v) is 18.5. The first-order valence-electron chi connectivity index (χ1n) is 10.6. The van der Waals surface area contributed by atoms with Crippen LogP contribution in [0, 0.1) is 0 Å². The maximum Gasteiger partial charge on any atom is 0.249 e. The molecule has 0 N–H and O–H groups in total. The number of ether oxygens (including phenoxy) is 3. The van der Waals surface area contributed by atoms with E-state index in [0.717, 1.165) is 29.7 Å². The number of benzene rings is 2. The molecule has 0 bridgehead atoms. The van der Waals surface area contributed by atoms with Gasteiger partial charge in [-0.15, -0.1) is 0 Å². The quantitative estimate of drug-likeness (QED) is 0.525. The molecule has 1 aliphatic heterocycles. The summed E-state index contributed by atoms with van der Waals surface area (Å²) >= 11 is 0. The third-order valence-electron chi connectivity index (χ3n) is 5.74. The number of methoxy groups -OCH3 is 3. The molecule has 0 radical (unpaired) electrons. The molecule has 3 aromatic rings. The number of rotatable bonds is 8.